The number of nitrogens with zero attached hydrogens (tertiary/aromatic N) is 4. The molecule has 0 spiro atoms. The summed E-state index contributed by atoms with van der Waals surface area (Å²) in [6.07, 6.45) is -3.31. The number of likely N-dealkylation sites (N-methyl/N-ethyl adjacent to an activating group) is 1. The van der Waals surface area contributed by atoms with Crippen molar-refractivity contribution >= 4 is 0 Å². The fourth-order valence-corrected chi connectivity index (χ4v) is 4.55. The van der Waals surface area contributed by atoms with Crippen LogP contribution in [-0.2, 0) is 42.8 Å². The molecule has 1 saturated heterocycles. The smallest absolute Gasteiger partial charge is 0.416 e. The van der Waals surface area contributed by atoms with Gasteiger partial charge in [0.15, 0.2) is 0 Å². The third kappa shape index (κ3) is 17.8. The predicted octanol–water partition coefficient (Wildman–Crippen LogP) is 9.57. The first-order chi connectivity index (χ1) is 24.8. The summed E-state index contributed by atoms with van der Waals surface area (Å²) in [4.78, 5) is 6.32. The van der Waals surface area contributed by atoms with Crippen LogP contribution in [0.15, 0.2) is 79.3 Å². The van der Waals surface area contributed by atoms with Crippen molar-refractivity contribution in [3.63, 3.8) is 0 Å². The van der Waals surface area contributed by atoms with E-state index in [4.69, 9.17) is 14.2 Å². The second-order valence-electron chi connectivity index (χ2n) is 11.1. The summed E-state index contributed by atoms with van der Waals surface area (Å²) >= 11 is 0. The Hall–Kier alpha value is -4.23. The molecule has 7 nitrogen and oxygen atoms in total. The Morgan fingerprint density at radius 2 is 1.33 bits per heavy atom. The molecule has 1 aromatic heterocycles. The number of benzene rings is 3. The fourth-order valence-electron chi connectivity index (χ4n) is 4.55. The summed E-state index contributed by atoms with van der Waals surface area (Å²) in [5.74, 6) is 1.74. The van der Waals surface area contributed by atoms with Gasteiger partial charge in [0.2, 0.25) is 0 Å². The molecule has 0 saturated carbocycles. The molecule has 4 aromatic rings. The maximum Gasteiger partial charge on any atom is 0.416 e. The third-order valence-electron chi connectivity index (χ3n) is 7.71. The first kappa shape index (κ1) is 45.8. The molecule has 0 radical (unpaired) electrons. The lowest BCUT2D eigenvalue weighted by Gasteiger charge is -2.24. The van der Waals surface area contributed by atoms with Gasteiger partial charge in [-0.25, -0.2) is 4.98 Å². The van der Waals surface area contributed by atoms with E-state index in [1.807, 2.05) is 31.2 Å². The fraction of sp³-hybridized carbons (Fsp3) is 0.462. The van der Waals surface area contributed by atoms with Gasteiger partial charge in [0.1, 0.15) is 17.8 Å². The lowest BCUT2D eigenvalue weighted by Crippen LogP contribution is -2.35. The van der Waals surface area contributed by atoms with Gasteiger partial charge in [0.25, 0.3) is 0 Å². The summed E-state index contributed by atoms with van der Waals surface area (Å²) in [5.41, 5.74) is 0.966. The standard InChI is InChI=1S/C10H8F6.C10H14O2.C8H10.C6H13NO.C5H7N3/c1-2-6-3-4-7(9(11,12)13)5-8(6)10(14,15)16;1-4-8-5-6-9(11-2)7-10(8)12-3;1-2-8-6-4-3-5-7-8;1-2-7-3-5-8-6-4-7;1-2-5-3-7-8-4-6-5/h3-5H,2H2,1H3;5-7H,4H2,1-3H3;3-7H,2H2,1H3;2-6H2,1H3;3-4H,2H2,1H3. The van der Waals surface area contributed by atoms with E-state index in [1.54, 1.807) is 20.4 Å². The molecule has 1 aliphatic heterocycles. The Kier molecular flexibility index (Phi) is 21.9. The predicted molar refractivity (Wildman–Crippen MR) is 193 cm³/mol. The van der Waals surface area contributed by atoms with Crippen molar-refractivity contribution in [2.45, 2.75) is 72.7 Å². The number of aryl methyl sites for hydroxylation is 4. The van der Waals surface area contributed by atoms with Gasteiger partial charge in [0.05, 0.1) is 50.5 Å². The minimum Gasteiger partial charge on any atom is -0.497 e. The van der Waals surface area contributed by atoms with Crippen LogP contribution in [0.3, 0.4) is 0 Å². The highest BCUT2D eigenvalue weighted by molar-refractivity contribution is 5.40. The van der Waals surface area contributed by atoms with E-state index >= 15 is 0 Å². The average Bonchev–Trinajstić information content (AvgIpc) is 3.18. The van der Waals surface area contributed by atoms with Crippen LogP contribution < -0.4 is 9.47 Å². The van der Waals surface area contributed by atoms with Gasteiger partial charge in [0, 0.05) is 19.2 Å². The highest BCUT2D eigenvalue weighted by atomic mass is 19.4. The molecule has 0 amide bonds. The summed E-state index contributed by atoms with van der Waals surface area (Å²) in [6.45, 7) is 15.2. The third-order valence-corrected chi connectivity index (χ3v) is 7.71. The molecule has 0 bridgehead atoms. The zero-order chi connectivity index (χ0) is 39.0. The van der Waals surface area contributed by atoms with E-state index in [0.29, 0.717) is 6.07 Å². The molecule has 0 atom stereocenters. The highest BCUT2D eigenvalue weighted by Crippen LogP contribution is 2.37. The van der Waals surface area contributed by atoms with Crippen LogP contribution in [0.4, 0.5) is 26.3 Å². The van der Waals surface area contributed by atoms with Gasteiger partial charge >= 0.3 is 12.4 Å². The first-order valence-corrected chi connectivity index (χ1v) is 17.2. The van der Waals surface area contributed by atoms with Gasteiger partial charge in [-0.15, -0.1) is 5.10 Å². The number of ether oxygens (including phenoxy) is 3. The molecular formula is C39H52F6N4O3. The van der Waals surface area contributed by atoms with Crippen LogP contribution in [0.5, 0.6) is 11.5 Å². The Bertz CT molecular complexity index is 1460. The van der Waals surface area contributed by atoms with Crippen LogP contribution in [0, 0.1) is 0 Å². The SMILES string of the molecule is CCN1CCOCC1.CCc1ccc(C(F)(F)F)cc1C(F)(F)F.CCc1ccc(OC)cc1OC.CCc1ccccc1.CCc1cnncn1. The van der Waals surface area contributed by atoms with E-state index in [2.05, 4.69) is 65.1 Å². The lowest BCUT2D eigenvalue weighted by molar-refractivity contribution is -0.143. The quantitative estimate of drug-likeness (QED) is 0.175. The van der Waals surface area contributed by atoms with Gasteiger partial charge in [-0.05, 0) is 67.1 Å². The number of alkyl halides is 6. The Labute approximate surface area is 304 Å². The first-order valence-electron chi connectivity index (χ1n) is 17.2. The van der Waals surface area contributed by atoms with E-state index < -0.39 is 23.5 Å². The van der Waals surface area contributed by atoms with Crippen molar-refractivity contribution in [3.05, 3.63) is 113 Å². The number of hydrogen-bond donors (Lipinski definition) is 0. The largest absolute Gasteiger partial charge is 0.497 e. The van der Waals surface area contributed by atoms with Gasteiger partial charge < -0.3 is 14.2 Å². The zero-order valence-electron chi connectivity index (χ0n) is 31.2. The molecule has 5 rings (SSSR count). The monoisotopic (exact) mass is 738 g/mol. The molecule has 0 N–H and O–H groups in total. The van der Waals surface area contributed by atoms with Crippen LogP contribution in [-0.4, -0.2) is 67.1 Å². The Balaban J connectivity index is 0.000000335. The molecule has 3 aromatic carbocycles. The minimum absolute atomic E-state index is 0.0347. The molecule has 52 heavy (non-hydrogen) atoms. The molecule has 0 unspecified atom stereocenters. The molecule has 0 aliphatic carbocycles. The van der Waals surface area contributed by atoms with Crippen molar-refractivity contribution in [2.75, 3.05) is 47.1 Å². The molecule has 13 heteroatoms. The molecule has 288 valence electrons. The maximum absolute atomic E-state index is 12.4. The van der Waals surface area contributed by atoms with Crippen molar-refractivity contribution in [1.29, 1.82) is 0 Å². The van der Waals surface area contributed by atoms with E-state index in [9.17, 15) is 26.3 Å². The number of aromatic nitrogens is 3. The summed E-state index contributed by atoms with van der Waals surface area (Å²) < 4.78 is 89.4. The van der Waals surface area contributed by atoms with Crippen LogP contribution >= 0.6 is 0 Å². The van der Waals surface area contributed by atoms with Gasteiger partial charge in [-0.1, -0.05) is 77.1 Å². The Morgan fingerprint density at radius 3 is 1.73 bits per heavy atom. The minimum atomic E-state index is -4.76. The number of morpholine rings is 1. The van der Waals surface area contributed by atoms with Crippen molar-refractivity contribution in [2.24, 2.45) is 0 Å². The van der Waals surface area contributed by atoms with E-state index in [0.717, 1.165) is 68.8 Å². The van der Waals surface area contributed by atoms with Gasteiger partial charge in [-0.3, -0.25) is 4.90 Å². The number of methoxy groups -OCH3 is 2. The second-order valence-corrected chi connectivity index (χ2v) is 11.1. The normalized spacial score (nSPS) is 12.6. The van der Waals surface area contributed by atoms with Crippen molar-refractivity contribution < 1.29 is 40.6 Å². The average molecular weight is 739 g/mol. The van der Waals surface area contributed by atoms with Crippen LogP contribution in [0.1, 0.15) is 68.1 Å². The molecule has 1 fully saturated rings. The molecule has 1 aliphatic rings. The van der Waals surface area contributed by atoms with Crippen LogP contribution in [0.2, 0.25) is 0 Å². The second kappa shape index (κ2) is 24.9. The maximum atomic E-state index is 12.4. The summed E-state index contributed by atoms with van der Waals surface area (Å²) in [5, 5.41) is 7.18. The summed E-state index contributed by atoms with van der Waals surface area (Å²) in [6, 6.07) is 18.0. The van der Waals surface area contributed by atoms with Crippen LogP contribution in [0.25, 0.3) is 0 Å². The van der Waals surface area contributed by atoms with Crippen molar-refractivity contribution in [3.8, 4) is 11.5 Å². The van der Waals surface area contributed by atoms with Crippen molar-refractivity contribution in [1.82, 2.24) is 20.1 Å². The number of rotatable bonds is 7. The van der Waals surface area contributed by atoms with E-state index in [-0.39, 0.29) is 18.1 Å². The lowest BCUT2D eigenvalue weighted by atomic mass is 10.0. The molecule has 2 heterocycles. The Morgan fingerprint density at radius 1 is 0.692 bits per heavy atom. The van der Waals surface area contributed by atoms with Gasteiger partial charge in [-0.2, -0.15) is 31.4 Å². The topological polar surface area (TPSA) is 69.6 Å². The number of halogens is 6. The number of hydrogen-bond acceptors (Lipinski definition) is 7. The summed E-state index contributed by atoms with van der Waals surface area (Å²) in [7, 11) is 3.33. The zero-order valence-corrected chi connectivity index (χ0v) is 31.2. The van der Waals surface area contributed by atoms with E-state index in [1.165, 1.54) is 30.9 Å². The highest BCUT2D eigenvalue weighted by Gasteiger charge is 2.37. The molecular weight excluding hydrogens is 686 g/mol.